The van der Waals surface area contributed by atoms with Crippen LogP contribution in [0.4, 0.5) is 0 Å². The van der Waals surface area contributed by atoms with Crippen LogP contribution in [0.25, 0.3) is 0 Å². The van der Waals surface area contributed by atoms with Crippen LogP contribution in [0.2, 0.25) is 0 Å². The number of aryl methyl sites for hydroxylation is 1. The molecule has 6 nitrogen and oxygen atoms in total. The van der Waals surface area contributed by atoms with Gasteiger partial charge in [0.1, 0.15) is 0 Å². The number of carboxylic acid groups (broad SMARTS) is 1. The fourth-order valence-corrected chi connectivity index (χ4v) is 3.88. The van der Waals surface area contributed by atoms with E-state index in [0.717, 1.165) is 11.8 Å². The van der Waals surface area contributed by atoms with Crippen molar-refractivity contribution in [2.24, 2.45) is 0 Å². The smallest absolute Gasteiger partial charge is 0.303 e. The SMILES string of the molecule is CCc1ccc(C(=O)NC(CCC(=O)O)c2ccccc2)cc1S(C)(=O)=O. The maximum atomic E-state index is 12.7. The summed E-state index contributed by atoms with van der Waals surface area (Å²) in [4.78, 5) is 23.8. The Bertz CT molecular complexity index is 923. The zero-order chi connectivity index (χ0) is 20.0. The molecule has 0 heterocycles. The third-order valence-electron chi connectivity index (χ3n) is 4.26. The number of carbonyl (C=O) groups excluding carboxylic acids is 1. The fraction of sp³-hybridized carbons (Fsp3) is 0.300. The van der Waals surface area contributed by atoms with Gasteiger partial charge in [0.15, 0.2) is 9.84 Å². The molecule has 2 aromatic rings. The van der Waals surface area contributed by atoms with Crippen LogP contribution < -0.4 is 5.32 Å². The van der Waals surface area contributed by atoms with Crippen molar-refractivity contribution in [1.82, 2.24) is 5.32 Å². The number of hydrogen-bond acceptors (Lipinski definition) is 4. The summed E-state index contributed by atoms with van der Waals surface area (Å²) in [5, 5.41) is 11.8. The molecule has 2 rings (SSSR count). The number of sulfone groups is 1. The molecule has 0 aliphatic rings. The Balaban J connectivity index is 2.30. The summed E-state index contributed by atoms with van der Waals surface area (Å²) in [6.07, 6.45) is 1.79. The summed E-state index contributed by atoms with van der Waals surface area (Å²) in [7, 11) is -3.46. The number of nitrogens with one attached hydrogen (secondary N) is 1. The van der Waals surface area contributed by atoms with Gasteiger partial charge in [-0.2, -0.15) is 0 Å². The number of hydrogen-bond donors (Lipinski definition) is 2. The van der Waals surface area contributed by atoms with Gasteiger partial charge in [-0.1, -0.05) is 43.3 Å². The first kappa shape index (κ1) is 20.6. The Morgan fingerprint density at radius 1 is 1.11 bits per heavy atom. The number of benzene rings is 2. The Hall–Kier alpha value is -2.67. The molecule has 0 aliphatic heterocycles. The number of carbonyl (C=O) groups is 2. The molecule has 1 atom stereocenters. The van der Waals surface area contributed by atoms with E-state index in [2.05, 4.69) is 5.32 Å². The zero-order valence-electron chi connectivity index (χ0n) is 15.3. The molecular weight excluding hydrogens is 366 g/mol. The Morgan fingerprint density at radius 3 is 2.33 bits per heavy atom. The summed E-state index contributed by atoms with van der Waals surface area (Å²) in [5.41, 5.74) is 1.67. The summed E-state index contributed by atoms with van der Waals surface area (Å²) < 4.78 is 24.0. The van der Waals surface area contributed by atoms with Gasteiger partial charge >= 0.3 is 5.97 Å². The quantitative estimate of drug-likeness (QED) is 0.723. The van der Waals surface area contributed by atoms with Gasteiger partial charge in [0.2, 0.25) is 0 Å². The second-order valence-corrected chi connectivity index (χ2v) is 8.30. The van der Waals surface area contributed by atoms with Crippen molar-refractivity contribution in [3.8, 4) is 0 Å². The standard InChI is InChI=1S/C20H23NO5S/c1-3-14-9-10-16(13-18(14)27(2,25)26)20(24)21-17(11-12-19(22)23)15-7-5-4-6-8-15/h4-10,13,17H,3,11-12H2,1-2H3,(H,21,24)(H,22,23). The van der Waals surface area contributed by atoms with E-state index in [9.17, 15) is 18.0 Å². The van der Waals surface area contributed by atoms with Crippen LogP contribution in [-0.4, -0.2) is 31.7 Å². The molecule has 1 unspecified atom stereocenters. The van der Waals surface area contributed by atoms with Gasteiger partial charge in [-0.25, -0.2) is 8.42 Å². The number of carboxylic acids is 1. The van der Waals surface area contributed by atoms with Gasteiger partial charge in [-0.05, 0) is 36.1 Å². The largest absolute Gasteiger partial charge is 0.481 e. The van der Waals surface area contributed by atoms with Gasteiger partial charge in [-0.15, -0.1) is 0 Å². The monoisotopic (exact) mass is 389 g/mol. The van der Waals surface area contributed by atoms with E-state index >= 15 is 0 Å². The first-order valence-electron chi connectivity index (χ1n) is 8.63. The first-order valence-corrected chi connectivity index (χ1v) is 10.5. The molecule has 1 amide bonds. The number of aliphatic carboxylic acids is 1. The topological polar surface area (TPSA) is 101 Å². The van der Waals surface area contributed by atoms with Crippen LogP contribution >= 0.6 is 0 Å². The Morgan fingerprint density at radius 2 is 1.78 bits per heavy atom. The molecule has 0 spiro atoms. The molecule has 0 saturated heterocycles. The van der Waals surface area contributed by atoms with Gasteiger partial charge in [-0.3, -0.25) is 9.59 Å². The number of amides is 1. The van der Waals surface area contributed by atoms with Crippen LogP contribution in [0.1, 0.15) is 47.3 Å². The van der Waals surface area contributed by atoms with E-state index in [1.54, 1.807) is 12.1 Å². The first-order chi connectivity index (χ1) is 12.7. The lowest BCUT2D eigenvalue weighted by molar-refractivity contribution is -0.137. The maximum absolute atomic E-state index is 12.7. The maximum Gasteiger partial charge on any atom is 0.303 e. The average molecular weight is 389 g/mol. The van der Waals surface area contributed by atoms with Crippen molar-refractivity contribution in [3.05, 3.63) is 65.2 Å². The van der Waals surface area contributed by atoms with Crippen LogP contribution in [0.3, 0.4) is 0 Å². The van der Waals surface area contributed by atoms with Crippen LogP contribution in [0.5, 0.6) is 0 Å². The molecule has 0 fully saturated rings. The predicted octanol–water partition coefficient (Wildman–Crippen LogP) is 2.99. The molecule has 144 valence electrons. The summed E-state index contributed by atoms with van der Waals surface area (Å²) in [6.45, 7) is 1.85. The van der Waals surface area contributed by atoms with Crippen molar-refractivity contribution in [2.75, 3.05) is 6.26 Å². The van der Waals surface area contributed by atoms with E-state index in [1.165, 1.54) is 6.07 Å². The highest BCUT2D eigenvalue weighted by Gasteiger charge is 2.20. The molecule has 27 heavy (non-hydrogen) atoms. The third kappa shape index (κ3) is 5.65. The van der Waals surface area contributed by atoms with Gasteiger partial charge in [0.25, 0.3) is 5.91 Å². The zero-order valence-corrected chi connectivity index (χ0v) is 16.1. The molecular formula is C20H23NO5S. The van der Waals surface area contributed by atoms with Crippen LogP contribution in [-0.2, 0) is 21.1 Å². The van der Waals surface area contributed by atoms with E-state index in [4.69, 9.17) is 5.11 Å². The Labute approximate surface area is 159 Å². The van der Waals surface area contributed by atoms with Crippen LogP contribution in [0, 0.1) is 0 Å². The molecule has 0 radical (unpaired) electrons. The second kappa shape index (κ2) is 8.81. The van der Waals surface area contributed by atoms with E-state index in [-0.39, 0.29) is 23.3 Å². The third-order valence-corrected chi connectivity index (χ3v) is 5.44. The number of rotatable bonds is 8. The van der Waals surface area contributed by atoms with Gasteiger partial charge < -0.3 is 10.4 Å². The van der Waals surface area contributed by atoms with Crippen molar-refractivity contribution >= 4 is 21.7 Å². The average Bonchev–Trinajstić information content (AvgIpc) is 2.64. The van der Waals surface area contributed by atoms with Crippen LogP contribution in [0.15, 0.2) is 53.4 Å². The molecule has 7 heteroatoms. The Kier molecular flexibility index (Phi) is 6.74. The second-order valence-electron chi connectivity index (χ2n) is 6.32. The summed E-state index contributed by atoms with van der Waals surface area (Å²) in [5.74, 6) is -1.39. The summed E-state index contributed by atoms with van der Waals surface area (Å²) >= 11 is 0. The highest BCUT2D eigenvalue weighted by atomic mass is 32.2. The molecule has 0 aromatic heterocycles. The lowest BCUT2D eigenvalue weighted by Crippen LogP contribution is -2.29. The van der Waals surface area contributed by atoms with E-state index in [1.807, 2.05) is 37.3 Å². The minimum atomic E-state index is -3.46. The summed E-state index contributed by atoms with van der Waals surface area (Å²) in [6, 6.07) is 13.2. The van der Waals surface area contributed by atoms with Crippen molar-refractivity contribution in [1.29, 1.82) is 0 Å². The molecule has 2 N–H and O–H groups in total. The lowest BCUT2D eigenvalue weighted by Gasteiger charge is -2.19. The van der Waals surface area contributed by atoms with E-state index in [0.29, 0.717) is 12.0 Å². The molecule has 2 aromatic carbocycles. The molecule has 0 aliphatic carbocycles. The van der Waals surface area contributed by atoms with Gasteiger partial charge in [0, 0.05) is 18.2 Å². The van der Waals surface area contributed by atoms with Crippen molar-refractivity contribution in [2.45, 2.75) is 37.1 Å². The molecule has 0 bridgehead atoms. The van der Waals surface area contributed by atoms with Gasteiger partial charge in [0.05, 0.1) is 10.9 Å². The highest BCUT2D eigenvalue weighted by Crippen LogP contribution is 2.22. The lowest BCUT2D eigenvalue weighted by atomic mass is 10.0. The van der Waals surface area contributed by atoms with Crippen molar-refractivity contribution < 1.29 is 23.1 Å². The van der Waals surface area contributed by atoms with Crippen molar-refractivity contribution in [3.63, 3.8) is 0 Å². The minimum absolute atomic E-state index is 0.0940. The van der Waals surface area contributed by atoms with E-state index < -0.39 is 27.8 Å². The minimum Gasteiger partial charge on any atom is -0.481 e. The normalized spacial score (nSPS) is 12.4. The fourth-order valence-electron chi connectivity index (χ4n) is 2.85. The predicted molar refractivity (Wildman–Crippen MR) is 102 cm³/mol. The molecule has 0 saturated carbocycles. The highest BCUT2D eigenvalue weighted by molar-refractivity contribution is 7.90.